The Morgan fingerprint density at radius 1 is 1.28 bits per heavy atom. The lowest BCUT2D eigenvalue weighted by Gasteiger charge is -2.32. The zero-order chi connectivity index (χ0) is 23.3. The second-order valence-corrected chi connectivity index (χ2v) is 8.41. The number of benzene rings is 2. The van der Waals surface area contributed by atoms with Gasteiger partial charge in [-0.2, -0.15) is 0 Å². The standard InChI is InChI=1S/C24H27BrN2O5/c1-4-10-31-24(29)32-18-11-15(2)19(20(25)13-18)14-21(26)23(28)27-9-5-6-16-12-17(30-3)7-8-22(16)27/h4,7-8,11-13,21H,1,5-6,9-10,14,26H2,2-3H3/t21-/m0/s1. The highest BCUT2D eigenvalue weighted by atomic mass is 79.9. The van der Waals surface area contributed by atoms with Crippen LogP contribution in [0, 0.1) is 6.92 Å². The molecule has 1 aliphatic heterocycles. The summed E-state index contributed by atoms with van der Waals surface area (Å²) in [5, 5.41) is 0. The maximum atomic E-state index is 13.2. The number of hydrogen-bond donors (Lipinski definition) is 1. The fourth-order valence-electron chi connectivity index (χ4n) is 3.75. The molecule has 0 aromatic heterocycles. The average molecular weight is 503 g/mol. The molecule has 1 amide bonds. The molecule has 32 heavy (non-hydrogen) atoms. The molecule has 0 saturated heterocycles. The van der Waals surface area contributed by atoms with E-state index < -0.39 is 12.2 Å². The molecule has 2 aromatic carbocycles. The summed E-state index contributed by atoms with van der Waals surface area (Å²) in [6, 6.07) is 8.40. The molecule has 0 bridgehead atoms. The van der Waals surface area contributed by atoms with Crippen LogP contribution in [0.5, 0.6) is 11.5 Å². The van der Waals surface area contributed by atoms with Crippen LogP contribution in [-0.4, -0.2) is 38.4 Å². The first-order valence-electron chi connectivity index (χ1n) is 10.3. The molecular formula is C24H27BrN2O5. The van der Waals surface area contributed by atoms with Crippen LogP contribution >= 0.6 is 15.9 Å². The number of nitrogens with two attached hydrogens (primary N) is 1. The number of fused-ring (bicyclic) bond motifs is 1. The van der Waals surface area contributed by atoms with Crippen LogP contribution in [0.15, 0.2) is 47.5 Å². The largest absolute Gasteiger partial charge is 0.514 e. The molecule has 170 valence electrons. The SMILES string of the molecule is C=CCOC(=O)Oc1cc(C)c(C[C@H](N)C(=O)N2CCCc3cc(OC)ccc32)c(Br)c1. The number of methoxy groups -OCH3 is 1. The van der Waals surface area contributed by atoms with Gasteiger partial charge < -0.3 is 24.8 Å². The zero-order valence-corrected chi connectivity index (χ0v) is 19.8. The van der Waals surface area contributed by atoms with E-state index in [0.29, 0.717) is 23.2 Å². The normalized spacial score (nSPS) is 13.7. The van der Waals surface area contributed by atoms with E-state index in [1.165, 1.54) is 6.08 Å². The second-order valence-electron chi connectivity index (χ2n) is 7.55. The number of carbonyl (C=O) groups is 2. The molecule has 0 unspecified atom stereocenters. The number of nitrogens with zero attached hydrogens (tertiary/aromatic N) is 1. The van der Waals surface area contributed by atoms with Gasteiger partial charge in [-0.05, 0) is 73.2 Å². The summed E-state index contributed by atoms with van der Waals surface area (Å²) < 4.78 is 16.0. The highest BCUT2D eigenvalue weighted by molar-refractivity contribution is 9.10. The molecule has 0 fully saturated rings. The lowest BCUT2D eigenvalue weighted by molar-refractivity contribution is -0.119. The maximum absolute atomic E-state index is 13.2. The van der Waals surface area contributed by atoms with Gasteiger partial charge in [0.05, 0.1) is 13.2 Å². The minimum Gasteiger partial charge on any atom is -0.497 e. The zero-order valence-electron chi connectivity index (χ0n) is 18.2. The van der Waals surface area contributed by atoms with Crippen molar-refractivity contribution in [3.63, 3.8) is 0 Å². The van der Waals surface area contributed by atoms with Crippen LogP contribution in [0.3, 0.4) is 0 Å². The van der Waals surface area contributed by atoms with Crippen molar-refractivity contribution in [3.05, 3.63) is 64.1 Å². The molecule has 7 nitrogen and oxygen atoms in total. The summed E-state index contributed by atoms with van der Waals surface area (Å²) in [7, 11) is 1.63. The Balaban J connectivity index is 1.73. The number of hydrogen-bond acceptors (Lipinski definition) is 6. The van der Waals surface area contributed by atoms with Crippen molar-refractivity contribution < 1.29 is 23.8 Å². The number of amides is 1. The van der Waals surface area contributed by atoms with E-state index in [9.17, 15) is 9.59 Å². The van der Waals surface area contributed by atoms with Gasteiger partial charge >= 0.3 is 6.16 Å². The van der Waals surface area contributed by atoms with Gasteiger partial charge in [0.2, 0.25) is 5.91 Å². The first-order valence-corrected chi connectivity index (χ1v) is 11.1. The monoisotopic (exact) mass is 502 g/mol. The molecule has 0 radical (unpaired) electrons. The summed E-state index contributed by atoms with van der Waals surface area (Å²) in [4.78, 5) is 26.7. The molecule has 1 atom stereocenters. The molecule has 1 heterocycles. The van der Waals surface area contributed by atoms with E-state index in [0.717, 1.165) is 41.0 Å². The molecule has 3 rings (SSSR count). The van der Waals surface area contributed by atoms with Crippen molar-refractivity contribution in [3.8, 4) is 11.5 Å². The van der Waals surface area contributed by atoms with Crippen molar-refractivity contribution in [1.82, 2.24) is 0 Å². The number of ether oxygens (including phenoxy) is 3. The Morgan fingerprint density at radius 2 is 2.06 bits per heavy atom. The summed E-state index contributed by atoms with van der Waals surface area (Å²) >= 11 is 3.51. The fraction of sp³-hybridized carbons (Fsp3) is 0.333. The predicted octanol–water partition coefficient (Wildman–Crippen LogP) is 4.32. The van der Waals surface area contributed by atoms with Crippen LogP contribution in [-0.2, 0) is 22.4 Å². The van der Waals surface area contributed by atoms with E-state index in [4.69, 9.17) is 19.9 Å². The van der Waals surface area contributed by atoms with Crippen LogP contribution in [0.2, 0.25) is 0 Å². The predicted molar refractivity (Wildman–Crippen MR) is 126 cm³/mol. The second kappa shape index (κ2) is 10.7. The topological polar surface area (TPSA) is 91.1 Å². The number of rotatable bonds is 7. The third kappa shape index (κ3) is 5.49. The Kier molecular flexibility index (Phi) is 7.93. The number of carbonyl (C=O) groups excluding carboxylic acids is 2. The highest BCUT2D eigenvalue weighted by Crippen LogP contribution is 2.32. The third-order valence-electron chi connectivity index (χ3n) is 5.32. The fourth-order valence-corrected chi connectivity index (χ4v) is 4.45. The summed E-state index contributed by atoms with van der Waals surface area (Å²) in [6.45, 7) is 6.06. The van der Waals surface area contributed by atoms with Crippen LogP contribution in [0.25, 0.3) is 0 Å². The summed E-state index contributed by atoms with van der Waals surface area (Å²) in [5.41, 5.74) is 10.0. The molecule has 2 N–H and O–H groups in total. The molecule has 0 spiro atoms. The van der Waals surface area contributed by atoms with Gasteiger partial charge in [0.1, 0.15) is 18.1 Å². The lowest BCUT2D eigenvalue weighted by atomic mass is 9.97. The van der Waals surface area contributed by atoms with E-state index in [1.54, 1.807) is 24.1 Å². The number of anilines is 1. The molecule has 8 heteroatoms. The van der Waals surface area contributed by atoms with Gasteiger partial charge in [-0.3, -0.25) is 4.79 Å². The Morgan fingerprint density at radius 3 is 2.75 bits per heavy atom. The Labute approximate surface area is 196 Å². The van der Waals surface area contributed by atoms with Crippen LogP contribution in [0.1, 0.15) is 23.1 Å². The lowest BCUT2D eigenvalue weighted by Crippen LogP contribution is -2.47. The highest BCUT2D eigenvalue weighted by Gasteiger charge is 2.28. The Hall–Kier alpha value is -2.84. The quantitative estimate of drug-likeness (QED) is 0.344. The van der Waals surface area contributed by atoms with Gasteiger partial charge in [-0.25, -0.2) is 4.79 Å². The average Bonchev–Trinajstić information content (AvgIpc) is 2.78. The van der Waals surface area contributed by atoms with Crippen LogP contribution in [0.4, 0.5) is 10.5 Å². The van der Waals surface area contributed by atoms with E-state index in [-0.39, 0.29) is 12.5 Å². The maximum Gasteiger partial charge on any atom is 0.514 e. The van der Waals surface area contributed by atoms with Crippen LogP contribution < -0.4 is 20.1 Å². The molecule has 0 saturated carbocycles. The number of halogens is 1. The summed E-state index contributed by atoms with van der Waals surface area (Å²) in [6.07, 6.45) is 2.76. The van der Waals surface area contributed by atoms with Gasteiger partial charge in [-0.1, -0.05) is 28.6 Å². The molecule has 2 aromatic rings. The Bertz CT molecular complexity index is 1000. The first kappa shape index (κ1) is 23.8. The van der Waals surface area contributed by atoms with Gasteiger partial charge in [0.15, 0.2) is 0 Å². The van der Waals surface area contributed by atoms with Crippen molar-refractivity contribution in [1.29, 1.82) is 0 Å². The third-order valence-corrected chi connectivity index (χ3v) is 6.03. The minimum atomic E-state index is -0.809. The first-order chi connectivity index (χ1) is 15.3. The molecule has 0 aliphatic carbocycles. The van der Waals surface area contributed by atoms with Gasteiger partial charge in [-0.15, -0.1) is 0 Å². The van der Waals surface area contributed by atoms with Crippen molar-refractivity contribution in [2.45, 2.75) is 32.2 Å². The van der Waals surface area contributed by atoms with Gasteiger partial charge in [0, 0.05) is 16.7 Å². The van der Waals surface area contributed by atoms with Crippen molar-refractivity contribution in [2.75, 3.05) is 25.2 Å². The van der Waals surface area contributed by atoms with E-state index in [1.807, 2.05) is 25.1 Å². The van der Waals surface area contributed by atoms with E-state index >= 15 is 0 Å². The smallest absolute Gasteiger partial charge is 0.497 e. The van der Waals surface area contributed by atoms with E-state index in [2.05, 4.69) is 22.5 Å². The van der Waals surface area contributed by atoms with Crippen molar-refractivity contribution in [2.24, 2.45) is 5.73 Å². The summed E-state index contributed by atoms with van der Waals surface area (Å²) in [5.74, 6) is 0.985. The minimum absolute atomic E-state index is 0.0699. The van der Waals surface area contributed by atoms with Gasteiger partial charge in [0.25, 0.3) is 0 Å². The molecule has 1 aliphatic rings. The van der Waals surface area contributed by atoms with Crippen molar-refractivity contribution >= 4 is 33.7 Å². The number of aryl methyl sites for hydroxylation is 2. The molecular weight excluding hydrogens is 476 g/mol.